The van der Waals surface area contributed by atoms with Crippen molar-refractivity contribution in [1.29, 1.82) is 0 Å². The number of benzene rings is 1. The number of ether oxygens (including phenoxy) is 1. The van der Waals surface area contributed by atoms with E-state index >= 15 is 4.39 Å². The normalized spacial score (nSPS) is 19.9. The molecule has 9 nitrogen and oxygen atoms in total. The first-order valence-corrected chi connectivity index (χ1v) is 11.7. The van der Waals surface area contributed by atoms with E-state index in [1.165, 1.54) is 30.9 Å². The number of hydrogen-bond acceptors (Lipinski definition) is 9. The Morgan fingerprint density at radius 3 is 2.59 bits per heavy atom. The molecule has 0 spiro atoms. The number of nitrogens with one attached hydrogen (secondary N) is 1. The van der Waals surface area contributed by atoms with E-state index in [4.69, 9.17) is 10.5 Å². The summed E-state index contributed by atoms with van der Waals surface area (Å²) in [6.07, 6.45) is 2.07. The Morgan fingerprint density at radius 1 is 1.15 bits per heavy atom. The summed E-state index contributed by atoms with van der Waals surface area (Å²) in [6.45, 7) is 1.30. The molecule has 2 fully saturated rings. The maximum Gasteiger partial charge on any atom is 0.318 e. The Balaban J connectivity index is 1.64. The number of anilines is 2. The van der Waals surface area contributed by atoms with Crippen LogP contribution in [0, 0.1) is 11.6 Å². The van der Waals surface area contributed by atoms with Gasteiger partial charge in [0.25, 0.3) is 5.56 Å². The Hall–Kier alpha value is -3.38. The molecule has 0 amide bonds. The third kappa shape index (κ3) is 3.05. The second-order valence-corrected chi connectivity index (χ2v) is 9.68. The van der Waals surface area contributed by atoms with Crippen molar-refractivity contribution in [1.82, 2.24) is 24.8 Å². The summed E-state index contributed by atoms with van der Waals surface area (Å²) in [5.74, 6) is -0.899. The number of hydrogen-bond donors (Lipinski definition) is 2. The van der Waals surface area contributed by atoms with Crippen LogP contribution in [0.2, 0.25) is 0 Å². The molecule has 3 aromatic heterocycles. The minimum Gasteiger partial charge on any atom is -0.467 e. The summed E-state index contributed by atoms with van der Waals surface area (Å²) in [4.78, 5) is 28.5. The van der Waals surface area contributed by atoms with E-state index in [-0.39, 0.29) is 55.6 Å². The Labute approximate surface area is 196 Å². The first-order valence-electron chi connectivity index (χ1n) is 10.9. The molecule has 2 aliphatic rings. The second-order valence-electron chi connectivity index (χ2n) is 8.65. The number of aromatic nitrogens is 4. The van der Waals surface area contributed by atoms with Gasteiger partial charge in [-0.25, -0.2) is 13.8 Å². The fourth-order valence-electron chi connectivity index (χ4n) is 5.09. The maximum absolute atomic E-state index is 16.2. The lowest BCUT2D eigenvalue weighted by Gasteiger charge is -2.34. The van der Waals surface area contributed by atoms with Crippen LogP contribution in [-0.2, 0) is 7.05 Å². The van der Waals surface area contributed by atoms with Crippen LogP contribution in [0.1, 0.15) is 12.8 Å². The largest absolute Gasteiger partial charge is 0.467 e. The van der Waals surface area contributed by atoms with Crippen molar-refractivity contribution in [2.45, 2.75) is 24.9 Å². The molecule has 2 atom stereocenters. The fourth-order valence-corrected chi connectivity index (χ4v) is 5.85. The quantitative estimate of drug-likeness (QED) is 0.455. The molecule has 6 rings (SSSR count). The van der Waals surface area contributed by atoms with Gasteiger partial charge >= 0.3 is 6.01 Å². The van der Waals surface area contributed by atoms with E-state index in [0.29, 0.717) is 18.9 Å². The lowest BCUT2D eigenvalue weighted by atomic mass is 10.1. The molecule has 2 unspecified atom stereocenters. The molecule has 0 aliphatic carbocycles. The average molecular weight is 486 g/mol. The Kier molecular flexibility index (Phi) is 4.71. The number of pyridine rings is 1. The number of nitrogens with two attached hydrogens (primary N) is 1. The molecular formula is C22H21F2N7O2S. The standard InChI is InChI=1S/C22H21F2N7O2S/c1-30-17(11-5-6-12(23)18-15(11)27-21(25)34-18)14(24)16-13(20(30)32)19(29-22(28-16)33-2)31-7-9-3-4-10(8-31)26-9/h5-6,9-10,26H,3-4,7-8H2,1-2H3,(H2,25,27). The highest BCUT2D eigenvalue weighted by Crippen LogP contribution is 2.37. The molecular weight excluding hydrogens is 464 g/mol. The van der Waals surface area contributed by atoms with Crippen molar-refractivity contribution in [3.63, 3.8) is 0 Å². The number of fused-ring (bicyclic) bond motifs is 4. The van der Waals surface area contributed by atoms with Gasteiger partial charge in [-0.1, -0.05) is 11.3 Å². The van der Waals surface area contributed by atoms with Gasteiger partial charge in [0.1, 0.15) is 22.5 Å². The number of nitrogens with zero attached hydrogens (tertiary/aromatic N) is 5. The molecule has 0 saturated carbocycles. The minimum atomic E-state index is -0.739. The third-order valence-corrected chi connectivity index (χ3v) is 7.50. The minimum absolute atomic E-state index is 0.0337. The highest BCUT2D eigenvalue weighted by Gasteiger charge is 2.35. The molecule has 0 radical (unpaired) electrons. The maximum atomic E-state index is 16.2. The van der Waals surface area contributed by atoms with Crippen molar-refractivity contribution >= 4 is 43.4 Å². The van der Waals surface area contributed by atoms with E-state index in [2.05, 4.69) is 20.3 Å². The van der Waals surface area contributed by atoms with Gasteiger partial charge in [-0.15, -0.1) is 0 Å². The first-order chi connectivity index (χ1) is 16.4. The smallest absolute Gasteiger partial charge is 0.318 e. The van der Waals surface area contributed by atoms with Crippen LogP contribution >= 0.6 is 11.3 Å². The predicted octanol–water partition coefficient (Wildman–Crippen LogP) is 2.41. The molecule has 4 aromatic rings. The molecule has 3 N–H and O–H groups in total. The number of halogens is 2. The van der Waals surface area contributed by atoms with E-state index in [1.807, 2.05) is 4.90 Å². The van der Waals surface area contributed by atoms with Crippen LogP contribution in [-0.4, -0.2) is 51.8 Å². The Bertz CT molecular complexity index is 1520. The van der Waals surface area contributed by atoms with Crippen molar-refractivity contribution in [2.24, 2.45) is 7.05 Å². The van der Waals surface area contributed by atoms with Gasteiger partial charge in [-0.2, -0.15) is 9.97 Å². The predicted molar refractivity (Wildman–Crippen MR) is 126 cm³/mol. The topological polar surface area (TPSA) is 111 Å². The van der Waals surface area contributed by atoms with Crippen molar-refractivity contribution < 1.29 is 13.5 Å². The summed E-state index contributed by atoms with van der Waals surface area (Å²) >= 11 is 0.964. The number of methoxy groups -OCH3 is 1. The zero-order chi connectivity index (χ0) is 23.7. The van der Waals surface area contributed by atoms with Crippen molar-refractivity contribution in [2.75, 3.05) is 30.8 Å². The zero-order valence-corrected chi connectivity index (χ0v) is 19.2. The molecule has 34 heavy (non-hydrogen) atoms. The van der Waals surface area contributed by atoms with Gasteiger partial charge in [-0.05, 0) is 25.0 Å². The van der Waals surface area contributed by atoms with Crippen LogP contribution in [0.4, 0.5) is 19.7 Å². The van der Waals surface area contributed by atoms with Crippen LogP contribution in [0.5, 0.6) is 6.01 Å². The molecule has 176 valence electrons. The highest BCUT2D eigenvalue weighted by molar-refractivity contribution is 7.22. The number of piperazine rings is 1. The summed E-state index contributed by atoms with van der Waals surface area (Å²) in [5, 5.41) is 3.77. The molecule has 2 aliphatic heterocycles. The van der Waals surface area contributed by atoms with E-state index in [9.17, 15) is 9.18 Å². The molecule has 5 heterocycles. The van der Waals surface area contributed by atoms with Gasteiger partial charge in [0.2, 0.25) is 0 Å². The number of thiazole rings is 1. The lowest BCUT2D eigenvalue weighted by molar-refractivity contribution is 0.380. The van der Waals surface area contributed by atoms with Gasteiger partial charge in [-0.3, -0.25) is 4.79 Å². The van der Waals surface area contributed by atoms with Gasteiger partial charge < -0.3 is 25.3 Å². The highest BCUT2D eigenvalue weighted by atomic mass is 32.1. The van der Waals surface area contributed by atoms with Crippen LogP contribution in [0.25, 0.3) is 32.4 Å². The van der Waals surface area contributed by atoms with Crippen molar-refractivity contribution in [3.8, 4) is 17.3 Å². The Morgan fingerprint density at radius 2 is 1.88 bits per heavy atom. The monoisotopic (exact) mass is 485 g/mol. The van der Waals surface area contributed by atoms with Crippen LogP contribution in [0.3, 0.4) is 0 Å². The molecule has 12 heteroatoms. The van der Waals surface area contributed by atoms with Gasteiger partial charge in [0.15, 0.2) is 10.9 Å². The summed E-state index contributed by atoms with van der Waals surface area (Å²) in [6, 6.07) is 3.14. The summed E-state index contributed by atoms with van der Waals surface area (Å²) in [7, 11) is 2.87. The van der Waals surface area contributed by atoms with Crippen LogP contribution in [0.15, 0.2) is 16.9 Å². The second kappa shape index (κ2) is 7.57. The molecule has 2 saturated heterocycles. The fraction of sp³-hybridized carbons (Fsp3) is 0.364. The SMILES string of the molecule is COc1nc(N2CC3CCC(C2)N3)c2c(=O)n(C)c(-c3ccc(F)c4sc(N)nc34)c(F)c2n1. The number of rotatable bonds is 3. The van der Waals surface area contributed by atoms with Crippen molar-refractivity contribution in [3.05, 3.63) is 34.1 Å². The third-order valence-electron chi connectivity index (χ3n) is 6.60. The zero-order valence-electron chi connectivity index (χ0n) is 18.4. The summed E-state index contributed by atoms with van der Waals surface area (Å²) in [5.41, 5.74) is 5.58. The van der Waals surface area contributed by atoms with E-state index in [1.54, 1.807) is 0 Å². The van der Waals surface area contributed by atoms with E-state index in [0.717, 1.165) is 24.2 Å². The lowest BCUT2D eigenvalue weighted by Crippen LogP contribution is -2.51. The molecule has 2 bridgehead atoms. The molecule has 1 aromatic carbocycles. The van der Waals surface area contributed by atoms with Gasteiger partial charge in [0.05, 0.1) is 23.0 Å². The van der Waals surface area contributed by atoms with E-state index < -0.39 is 17.2 Å². The van der Waals surface area contributed by atoms with Gasteiger partial charge in [0, 0.05) is 37.8 Å². The first kappa shape index (κ1) is 21.2. The average Bonchev–Trinajstić information content (AvgIpc) is 3.39. The summed E-state index contributed by atoms with van der Waals surface area (Å²) < 4.78 is 37.2. The van der Waals surface area contributed by atoms with Crippen LogP contribution < -0.4 is 26.2 Å². The number of nitrogen functional groups attached to an aromatic ring is 1.